The van der Waals surface area contributed by atoms with Crippen molar-refractivity contribution < 1.29 is 33.4 Å². The molecule has 0 aromatic heterocycles. The molecule has 2 aliphatic heterocycles. The van der Waals surface area contributed by atoms with Crippen molar-refractivity contribution in [3.8, 4) is 11.5 Å². The number of nitrogens with one attached hydrogen (secondary N) is 3. The molecule has 2 amide bonds. The molecule has 13 nitrogen and oxygen atoms in total. The lowest BCUT2D eigenvalue weighted by molar-refractivity contribution is -0.950. The van der Waals surface area contributed by atoms with Crippen molar-refractivity contribution in [1.29, 1.82) is 5.41 Å². The van der Waals surface area contributed by atoms with E-state index < -0.39 is 29.3 Å². The monoisotopic (exact) mass is 612 g/mol. The maximum atomic E-state index is 13.4. The summed E-state index contributed by atoms with van der Waals surface area (Å²) in [5, 5.41) is 25.2. The molecule has 1 unspecified atom stereocenters. The summed E-state index contributed by atoms with van der Waals surface area (Å²) < 4.78 is 13.1. The summed E-state index contributed by atoms with van der Waals surface area (Å²) in [6.45, 7) is 2.75. The molecule has 8 N–H and O–H groups in total. The quantitative estimate of drug-likeness (QED) is 0.0870. The molecule has 240 valence electrons. The van der Waals surface area contributed by atoms with Gasteiger partial charge in [-0.25, -0.2) is 4.79 Å². The van der Waals surface area contributed by atoms with Crippen LogP contribution in [0, 0.1) is 11.3 Å². The number of quaternary nitrogens is 1. The number of Topliss-reactive ketones (excluding diaryl/α,β-unsaturated/α-hetero) is 1. The maximum Gasteiger partial charge on any atom is 0.415 e. The molecule has 2 bridgehead atoms. The Kier molecular flexibility index (Phi) is 7.78. The molecule has 6 atom stereocenters. The highest BCUT2D eigenvalue weighted by molar-refractivity contribution is 5.90. The van der Waals surface area contributed by atoms with Crippen molar-refractivity contribution in [2.45, 2.75) is 80.6 Å². The van der Waals surface area contributed by atoms with Crippen LogP contribution in [-0.2, 0) is 21.4 Å². The van der Waals surface area contributed by atoms with E-state index in [1.807, 2.05) is 6.07 Å². The van der Waals surface area contributed by atoms with Crippen LogP contribution in [0.15, 0.2) is 12.1 Å². The van der Waals surface area contributed by atoms with Crippen LogP contribution >= 0.6 is 0 Å². The third-order valence-corrected chi connectivity index (χ3v) is 10.9. The summed E-state index contributed by atoms with van der Waals surface area (Å²) >= 11 is 0. The third-order valence-electron chi connectivity index (χ3n) is 10.9. The summed E-state index contributed by atoms with van der Waals surface area (Å²) in [6, 6.07) is 2.98. The van der Waals surface area contributed by atoms with Crippen LogP contribution in [-0.4, -0.2) is 109 Å². The smallest absolute Gasteiger partial charge is 0.415 e. The number of aliphatic hydroxyl groups is 1. The molecular weight excluding hydrogens is 566 g/mol. The van der Waals surface area contributed by atoms with E-state index in [9.17, 15) is 19.5 Å². The van der Waals surface area contributed by atoms with Gasteiger partial charge in [0.2, 0.25) is 5.91 Å². The Morgan fingerprint density at radius 1 is 1.27 bits per heavy atom. The van der Waals surface area contributed by atoms with Gasteiger partial charge in [0.05, 0.1) is 31.6 Å². The van der Waals surface area contributed by atoms with Gasteiger partial charge in [-0.1, -0.05) is 6.07 Å². The second-order valence-corrected chi connectivity index (χ2v) is 13.8. The number of guanidine groups is 1. The van der Waals surface area contributed by atoms with Crippen LogP contribution in [0.5, 0.6) is 11.5 Å². The Balaban J connectivity index is 1.14. The molecule has 13 heteroatoms. The molecule has 1 saturated heterocycles. The Morgan fingerprint density at radius 2 is 2.05 bits per heavy atom. The fraction of sp³-hybridized carbons (Fsp3) is 0.677. The summed E-state index contributed by atoms with van der Waals surface area (Å²) in [7, 11) is 3.85. The van der Waals surface area contributed by atoms with Crippen molar-refractivity contribution in [2.24, 2.45) is 17.4 Å². The van der Waals surface area contributed by atoms with Gasteiger partial charge in [0.15, 0.2) is 29.3 Å². The molecule has 3 aliphatic carbocycles. The zero-order valence-electron chi connectivity index (χ0n) is 25.7. The molecule has 2 heterocycles. The molecule has 1 aromatic carbocycles. The van der Waals surface area contributed by atoms with Crippen LogP contribution < -0.4 is 31.6 Å². The lowest BCUT2D eigenvalue weighted by Crippen LogP contribution is -2.80. The largest absolute Gasteiger partial charge is 0.477 e. The van der Waals surface area contributed by atoms with Crippen LogP contribution in [0.1, 0.15) is 56.1 Å². The van der Waals surface area contributed by atoms with Crippen LogP contribution in [0.3, 0.4) is 0 Å². The lowest BCUT2D eigenvalue weighted by Gasteiger charge is -2.64. The maximum absolute atomic E-state index is 13.4. The molecule has 5 aliphatic rings. The van der Waals surface area contributed by atoms with Gasteiger partial charge < -0.3 is 46.1 Å². The molecule has 6 rings (SSSR count). The van der Waals surface area contributed by atoms with E-state index in [4.69, 9.17) is 26.4 Å². The van der Waals surface area contributed by atoms with E-state index in [2.05, 4.69) is 17.7 Å². The fourth-order valence-electron chi connectivity index (χ4n) is 8.43. The number of nitrogens with two attached hydrogens (primary N) is 2. The van der Waals surface area contributed by atoms with Gasteiger partial charge in [-0.15, -0.1) is 0 Å². The van der Waals surface area contributed by atoms with E-state index in [0.717, 1.165) is 28.7 Å². The number of hydrogen-bond acceptors (Lipinski definition) is 8. The highest BCUT2D eigenvalue weighted by Gasteiger charge is 2.76. The minimum Gasteiger partial charge on any atom is -0.477 e. The molecule has 44 heavy (non-hydrogen) atoms. The third kappa shape index (κ3) is 4.98. The van der Waals surface area contributed by atoms with Crippen molar-refractivity contribution in [3.05, 3.63) is 23.3 Å². The Bertz CT molecular complexity index is 1370. The first-order valence-electron chi connectivity index (χ1n) is 15.9. The highest BCUT2D eigenvalue weighted by atomic mass is 16.6. The standard InChI is InChI=1S/C31H45N7O6/c1-37(14-13-35-27(40)20(32)4-3-12-36-28(33)34)29(41)43-22-8-7-19-16-23-31(42)10-9-21(39)26-30(31,24(19)25(22)44-26)11-15-38(23,2)17-18-5-6-18/h7-8,18,20,23,26,42H,3-6,9-17,32H2,1-2H3,(H4-,33,34,35,36,40)/p+1/t20-,23?,26-,30-,31+,38-/m0/s1. The van der Waals surface area contributed by atoms with Gasteiger partial charge in [0.25, 0.3) is 0 Å². The van der Waals surface area contributed by atoms with Crippen LogP contribution in [0.25, 0.3) is 0 Å². The number of hydrogen-bond donors (Lipinski definition) is 6. The first-order chi connectivity index (χ1) is 20.9. The van der Waals surface area contributed by atoms with Gasteiger partial charge in [-0.05, 0) is 43.7 Å². The van der Waals surface area contributed by atoms with E-state index >= 15 is 0 Å². The van der Waals surface area contributed by atoms with Gasteiger partial charge >= 0.3 is 6.09 Å². The predicted octanol–water partition coefficient (Wildman–Crippen LogP) is 0.102. The van der Waals surface area contributed by atoms with Gasteiger partial charge in [0, 0.05) is 57.4 Å². The number of carbonyl (C=O) groups is 3. The second kappa shape index (κ2) is 11.2. The van der Waals surface area contributed by atoms with Gasteiger partial charge in [-0.2, -0.15) is 0 Å². The van der Waals surface area contributed by atoms with Crippen molar-refractivity contribution in [2.75, 3.05) is 46.8 Å². The second-order valence-electron chi connectivity index (χ2n) is 13.8. The normalized spacial score (nSPS) is 31.8. The molecular formula is C31H46N7O6+. The minimum absolute atomic E-state index is 0.00534. The van der Waals surface area contributed by atoms with Crippen molar-refractivity contribution in [3.63, 3.8) is 0 Å². The number of carbonyl (C=O) groups excluding carboxylic acids is 3. The Labute approximate surface area is 257 Å². The summed E-state index contributed by atoms with van der Waals surface area (Å²) in [5.74, 6) is 0.884. The number of ether oxygens (including phenoxy) is 2. The lowest BCUT2D eigenvalue weighted by atomic mass is 9.48. The zero-order chi connectivity index (χ0) is 31.4. The predicted molar refractivity (Wildman–Crippen MR) is 161 cm³/mol. The summed E-state index contributed by atoms with van der Waals surface area (Å²) in [6.07, 6.45) is 4.12. The zero-order valence-corrected chi connectivity index (χ0v) is 25.7. The van der Waals surface area contributed by atoms with E-state index in [0.29, 0.717) is 50.3 Å². The van der Waals surface area contributed by atoms with Crippen LogP contribution in [0.4, 0.5) is 4.79 Å². The first-order valence-corrected chi connectivity index (χ1v) is 15.9. The number of ketones is 1. The van der Waals surface area contributed by atoms with Gasteiger partial charge in [0.1, 0.15) is 11.6 Å². The molecule has 3 fully saturated rings. The van der Waals surface area contributed by atoms with Crippen molar-refractivity contribution >= 4 is 23.7 Å². The number of likely N-dealkylation sites (N-methyl/N-ethyl adjacent to an activating group) is 2. The number of likely N-dealkylation sites (tertiary alicyclic amines) is 1. The van der Waals surface area contributed by atoms with E-state index in [1.165, 1.54) is 17.7 Å². The topological polar surface area (TPSA) is 193 Å². The highest BCUT2D eigenvalue weighted by Crippen LogP contribution is 2.66. The Morgan fingerprint density at radius 3 is 2.77 bits per heavy atom. The van der Waals surface area contributed by atoms with E-state index in [-0.39, 0.29) is 49.0 Å². The number of benzene rings is 1. The minimum atomic E-state index is -1.08. The summed E-state index contributed by atoms with van der Waals surface area (Å²) in [5.41, 5.74) is 11.2. The van der Waals surface area contributed by atoms with Crippen LogP contribution in [0.2, 0.25) is 0 Å². The average molecular weight is 613 g/mol. The number of nitrogens with zero attached hydrogens (tertiary/aromatic N) is 2. The number of piperidine rings is 1. The molecule has 2 saturated carbocycles. The SMILES string of the molecule is CN(CCNC(=O)[C@@H](N)CCCNC(=N)N)C(=O)Oc1ccc2c3c1O[C@H]1C(=O)CC[C@@]4(O)C(C2)[N@+](C)(CC2CC2)CC[C@]314. The molecule has 1 aromatic rings. The first kappa shape index (κ1) is 30.6. The van der Waals surface area contributed by atoms with Crippen molar-refractivity contribution in [1.82, 2.24) is 15.5 Å². The summed E-state index contributed by atoms with van der Waals surface area (Å²) in [4.78, 5) is 40.2. The molecule has 1 spiro atoms. The number of rotatable bonds is 11. The van der Waals surface area contributed by atoms with Gasteiger partial charge in [-0.3, -0.25) is 15.0 Å². The Hall–Kier alpha value is -3.42. The molecule has 0 radical (unpaired) electrons. The average Bonchev–Trinajstić information content (AvgIpc) is 3.71. The number of amides is 2. The fourth-order valence-corrected chi connectivity index (χ4v) is 8.43. The van der Waals surface area contributed by atoms with E-state index in [1.54, 1.807) is 13.1 Å².